The molecule has 0 radical (unpaired) electrons. The van der Waals surface area contributed by atoms with Crippen LogP contribution in [0.25, 0.3) is 0 Å². The molecule has 0 spiro atoms. The lowest BCUT2D eigenvalue weighted by molar-refractivity contribution is -0.130. The van der Waals surface area contributed by atoms with E-state index in [2.05, 4.69) is 0 Å². The van der Waals surface area contributed by atoms with Gasteiger partial charge in [0.25, 0.3) is 0 Å². The molecule has 0 bridgehead atoms. The average molecular weight is 208 g/mol. The van der Waals surface area contributed by atoms with Crippen LogP contribution >= 0.6 is 0 Å². The van der Waals surface area contributed by atoms with Crippen molar-refractivity contribution in [2.24, 2.45) is 5.92 Å². The quantitative estimate of drug-likeness (QED) is 0.742. The van der Waals surface area contributed by atoms with Gasteiger partial charge in [-0.15, -0.1) is 0 Å². The van der Waals surface area contributed by atoms with E-state index in [9.17, 15) is 9.18 Å². The fraction of sp³-hybridized carbons (Fsp3) is 0.417. The van der Waals surface area contributed by atoms with Crippen molar-refractivity contribution in [3.8, 4) is 0 Å². The van der Waals surface area contributed by atoms with Gasteiger partial charge < -0.3 is 4.74 Å². The van der Waals surface area contributed by atoms with Crippen LogP contribution in [0.3, 0.4) is 0 Å². The SMILES string of the molecule is O=C1CCOC[C@@H]1Cc1ccccc1F. The maximum absolute atomic E-state index is 13.3. The summed E-state index contributed by atoms with van der Waals surface area (Å²) >= 11 is 0. The second-order valence-corrected chi connectivity index (χ2v) is 3.78. The Bertz CT molecular complexity index is 362. The Morgan fingerprint density at radius 3 is 2.93 bits per heavy atom. The molecule has 2 rings (SSSR count). The van der Waals surface area contributed by atoms with Crippen LogP contribution in [0.5, 0.6) is 0 Å². The van der Waals surface area contributed by atoms with Crippen molar-refractivity contribution in [2.45, 2.75) is 12.8 Å². The van der Waals surface area contributed by atoms with Crippen molar-refractivity contribution >= 4 is 5.78 Å². The summed E-state index contributed by atoms with van der Waals surface area (Å²) in [6.45, 7) is 0.930. The molecule has 1 atom stereocenters. The third-order valence-corrected chi connectivity index (χ3v) is 2.69. The standard InChI is InChI=1S/C12H13FO2/c13-11-4-2-1-3-9(11)7-10-8-15-6-5-12(10)14/h1-4,10H,5-8H2/t10-/m0/s1. The van der Waals surface area contributed by atoms with Crippen LogP contribution in [0.2, 0.25) is 0 Å². The van der Waals surface area contributed by atoms with E-state index < -0.39 is 0 Å². The highest BCUT2D eigenvalue weighted by molar-refractivity contribution is 5.82. The van der Waals surface area contributed by atoms with E-state index in [4.69, 9.17) is 4.74 Å². The third kappa shape index (κ3) is 2.42. The van der Waals surface area contributed by atoms with Crippen LogP contribution in [0, 0.1) is 11.7 Å². The van der Waals surface area contributed by atoms with Crippen LogP contribution in [-0.4, -0.2) is 19.0 Å². The number of hydrogen-bond donors (Lipinski definition) is 0. The summed E-state index contributed by atoms with van der Waals surface area (Å²) in [5.41, 5.74) is 0.598. The van der Waals surface area contributed by atoms with E-state index in [0.29, 0.717) is 31.6 Å². The molecule has 0 aliphatic carbocycles. The molecule has 0 N–H and O–H groups in total. The molecule has 80 valence electrons. The van der Waals surface area contributed by atoms with E-state index in [1.165, 1.54) is 6.07 Å². The number of ether oxygens (including phenoxy) is 1. The zero-order valence-corrected chi connectivity index (χ0v) is 8.41. The maximum atomic E-state index is 13.3. The molecule has 1 fully saturated rings. The first-order chi connectivity index (χ1) is 7.27. The normalized spacial score (nSPS) is 21.7. The van der Waals surface area contributed by atoms with Gasteiger partial charge in [0.1, 0.15) is 11.6 Å². The molecule has 1 heterocycles. The topological polar surface area (TPSA) is 26.3 Å². The van der Waals surface area contributed by atoms with E-state index in [-0.39, 0.29) is 17.5 Å². The Morgan fingerprint density at radius 2 is 2.20 bits per heavy atom. The van der Waals surface area contributed by atoms with Gasteiger partial charge in [0.2, 0.25) is 0 Å². The first-order valence-corrected chi connectivity index (χ1v) is 5.11. The van der Waals surface area contributed by atoms with Crippen LogP contribution in [0.15, 0.2) is 24.3 Å². The molecule has 2 nitrogen and oxygen atoms in total. The highest BCUT2D eigenvalue weighted by Gasteiger charge is 2.23. The molecule has 0 saturated carbocycles. The maximum Gasteiger partial charge on any atom is 0.140 e. The van der Waals surface area contributed by atoms with E-state index in [1.54, 1.807) is 18.2 Å². The molecule has 1 aromatic carbocycles. The van der Waals surface area contributed by atoms with Gasteiger partial charge in [-0.1, -0.05) is 18.2 Å². The van der Waals surface area contributed by atoms with Crippen LogP contribution in [0.4, 0.5) is 4.39 Å². The number of benzene rings is 1. The molecule has 1 aliphatic rings. The van der Waals surface area contributed by atoms with Crippen molar-refractivity contribution in [3.05, 3.63) is 35.6 Å². The van der Waals surface area contributed by atoms with Crippen LogP contribution in [-0.2, 0) is 16.0 Å². The van der Waals surface area contributed by atoms with Crippen molar-refractivity contribution in [3.63, 3.8) is 0 Å². The molecular weight excluding hydrogens is 195 g/mol. The Balaban J connectivity index is 2.08. The number of hydrogen-bond acceptors (Lipinski definition) is 2. The molecule has 1 aromatic rings. The minimum absolute atomic E-state index is 0.171. The van der Waals surface area contributed by atoms with Gasteiger partial charge in [-0.2, -0.15) is 0 Å². The van der Waals surface area contributed by atoms with E-state index in [1.807, 2.05) is 0 Å². The smallest absolute Gasteiger partial charge is 0.140 e. The number of rotatable bonds is 2. The lowest BCUT2D eigenvalue weighted by atomic mass is 9.93. The molecule has 0 aromatic heterocycles. The fourth-order valence-corrected chi connectivity index (χ4v) is 1.80. The molecular formula is C12H13FO2. The average Bonchev–Trinajstić information content (AvgIpc) is 2.24. The van der Waals surface area contributed by atoms with E-state index in [0.717, 1.165) is 0 Å². The minimum atomic E-state index is -0.240. The lowest BCUT2D eigenvalue weighted by Gasteiger charge is -2.20. The summed E-state index contributed by atoms with van der Waals surface area (Å²) in [4.78, 5) is 11.5. The number of carbonyl (C=O) groups is 1. The zero-order chi connectivity index (χ0) is 10.7. The molecule has 1 saturated heterocycles. The third-order valence-electron chi connectivity index (χ3n) is 2.69. The summed E-state index contributed by atoms with van der Waals surface area (Å²) in [6.07, 6.45) is 0.907. The zero-order valence-electron chi connectivity index (χ0n) is 8.41. The number of Topliss-reactive ketones (excluding diaryl/α,β-unsaturated/α-hetero) is 1. The van der Waals surface area contributed by atoms with Crippen molar-refractivity contribution in [1.29, 1.82) is 0 Å². The van der Waals surface area contributed by atoms with Crippen LogP contribution in [0.1, 0.15) is 12.0 Å². The van der Waals surface area contributed by atoms with Gasteiger partial charge in [0.15, 0.2) is 0 Å². The molecule has 15 heavy (non-hydrogen) atoms. The van der Waals surface area contributed by atoms with Crippen molar-refractivity contribution in [1.82, 2.24) is 0 Å². The molecule has 1 aliphatic heterocycles. The Labute approximate surface area is 88.1 Å². The molecule has 0 unspecified atom stereocenters. The summed E-state index contributed by atoms with van der Waals surface area (Å²) in [7, 11) is 0. The summed E-state index contributed by atoms with van der Waals surface area (Å²) < 4.78 is 18.5. The first-order valence-electron chi connectivity index (χ1n) is 5.11. The van der Waals surface area contributed by atoms with Gasteiger partial charge in [-0.25, -0.2) is 4.39 Å². The second kappa shape index (κ2) is 4.53. The van der Waals surface area contributed by atoms with E-state index >= 15 is 0 Å². The van der Waals surface area contributed by atoms with Crippen molar-refractivity contribution in [2.75, 3.05) is 13.2 Å². The Kier molecular flexibility index (Phi) is 3.11. The highest BCUT2D eigenvalue weighted by Crippen LogP contribution is 2.17. The summed E-state index contributed by atoms with van der Waals surface area (Å²) in [5, 5.41) is 0. The number of halogens is 1. The van der Waals surface area contributed by atoms with Crippen LogP contribution < -0.4 is 0 Å². The Morgan fingerprint density at radius 1 is 1.40 bits per heavy atom. The minimum Gasteiger partial charge on any atom is -0.380 e. The lowest BCUT2D eigenvalue weighted by Crippen LogP contribution is -2.29. The Hall–Kier alpha value is -1.22. The fourth-order valence-electron chi connectivity index (χ4n) is 1.80. The van der Waals surface area contributed by atoms with Gasteiger partial charge >= 0.3 is 0 Å². The van der Waals surface area contributed by atoms with Gasteiger partial charge in [-0.05, 0) is 18.1 Å². The number of ketones is 1. The van der Waals surface area contributed by atoms with Gasteiger partial charge in [-0.3, -0.25) is 4.79 Å². The largest absolute Gasteiger partial charge is 0.380 e. The predicted octanol–water partition coefficient (Wildman–Crippen LogP) is 1.97. The predicted molar refractivity (Wildman–Crippen MR) is 54.0 cm³/mol. The molecule has 0 amide bonds. The summed E-state index contributed by atoms with van der Waals surface area (Å²) in [6, 6.07) is 6.57. The number of carbonyl (C=O) groups excluding carboxylic acids is 1. The van der Waals surface area contributed by atoms with Gasteiger partial charge in [0, 0.05) is 12.3 Å². The highest BCUT2D eigenvalue weighted by atomic mass is 19.1. The monoisotopic (exact) mass is 208 g/mol. The molecule has 3 heteroatoms. The first kappa shape index (κ1) is 10.3. The van der Waals surface area contributed by atoms with Gasteiger partial charge in [0.05, 0.1) is 13.2 Å². The summed E-state index contributed by atoms with van der Waals surface area (Å²) in [5.74, 6) is -0.226. The van der Waals surface area contributed by atoms with Crippen molar-refractivity contribution < 1.29 is 13.9 Å². The second-order valence-electron chi connectivity index (χ2n) is 3.78.